The minimum atomic E-state index is -0.334. The van der Waals surface area contributed by atoms with E-state index >= 15 is 0 Å². The van der Waals surface area contributed by atoms with Gasteiger partial charge in [0.1, 0.15) is 17.8 Å². The highest BCUT2D eigenvalue weighted by Crippen LogP contribution is 2.39. The van der Waals surface area contributed by atoms with Gasteiger partial charge in [-0.25, -0.2) is 14.6 Å². The van der Waals surface area contributed by atoms with Crippen molar-refractivity contribution >= 4 is 45.3 Å². The molecule has 0 saturated carbocycles. The van der Waals surface area contributed by atoms with Crippen LogP contribution in [0.15, 0.2) is 54.9 Å². The first kappa shape index (κ1) is 21.9. The second kappa shape index (κ2) is 8.14. The maximum Gasteiger partial charge on any atom is 0.251 e. The zero-order valence-electron chi connectivity index (χ0n) is 19.1. The van der Waals surface area contributed by atoms with E-state index in [0.717, 1.165) is 16.5 Å². The van der Waals surface area contributed by atoms with Crippen molar-refractivity contribution in [3.8, 4) is 11.4 Å². The van der Waals surface area contributed by atoms with Crippen LogP contribution < -0.4 is 11.1 Å². The number of amides is 1. The SMILES string of the molecule is CC(C)(C)n1nc(-c2[nH]c3cc(C(=O)NCc4ccccc4)ccc3c2Cl)c2c(N)ncnc21. The van der Waals surface area contributed by atoms with Gasteiger partial charge >= 0.3 is 0 Å². The number of anilines is 1. The van der Waals surface area contributed by atoms with Crippen LogP contribution in [0.3, 0.4) is 0 Å². The zero-order chi connectivity index (χ0) is 24.0. The zero-order valence-corrected chi connectivity index (χ0v) is 19.8. The predicted molar refractivity (Wildman–Crippen MR) is 135 cm³/mol. The van der Waals surface area contributed by atoms with Crippen molar-refractivity contribution in [3.63, 3.8) is 0 Å². The average molecular weight is 474 g/mol. The lowest BCUT2D eigenvalue weighted by atomic mass is 10.1. The average Bonchev–Trinajstić information content (AvgIpc) is 3.37. The molecule has 4 N–H and O–H groups in total. The molecule has 8 nitrogen and oxygen atoms in total. The third-order valence-corrected chi connectivity index (χ3v) is 6.05. The topological polar surface area (TPSA) is 115 Å². The van der Waals surface area contributed by atoms with Gasteiger partial charge in [0, 0.05) is 23.0 Å². The number of nitrogens with two attached hydrogens (primary N) is 1. The van der Waals surface area contributed by atoms with Gasteiger partial charge in [0.15, 0.2) is 5.65 Å². The molecule has 1 amide bonds. The highest BCUT2D eigenvalue weighted by Gasteiger charge is 2.26. The van der Waals surface area contributed by atoms with Gasteiger partial charge in [-0.2, -0.15) is 5.10 Å². The Morgan fingerprint density at radius 2 is 1.91 bits per heavy atom. The number of rotatable bonds is 4. The maximum absolute atomic E-state index is 12.7. The van der Waals surface area contributed by atoms with Gasteiger partial charge in [-0.1, -0.05) is 48.0 Å². The molecule has 34 heavy (non-hydrogen) atoms. The summed E-state index contributed by atoms with van der Waals surface area (Å²) in [7, 11) is 0. The van der Waals surface area contributed by atoms with E-state index in [9.17, 15) is 4.79 Å². The van der Waals surface area contributed by atoms with Crippen LogP contribution in [0.4, 0.5) is 5.82 Å². The van der Waals surface area contributed by atoms with E-state index in [0.29, 0.717) is 45.4 Å². The molecule has 0 fully saturated rings. The third-order valence-electron chi connectivity index (χ3n) is 5.66. The van der Waals surface area contributed by atoms with Crippen molar-refractivity contribution in [1.82, 2.24) is 30.0 Å². The minimum Gasteiger partial charge on any atom is -0.383 e. The van der Waals surface area contributed by atoms with Crippen molar-refractivity contribution in [1.29, 1.82) is 0 Å². The van der Waals surface area contributed by atoms with Gasteiger partial charge in [-0.15, -0.1) is 0 Å². The van der Waals surface area contributed by atoms with E-state index in [4.69, 9.17) is 22.4 Å². The van der Waals surface area contributed by atoms with E-state index in [1.54, 1.807) is 12.1 Å². The fourth-order valence-electron chi connectivity index (χ4n) is 3.97. The molecule has 0 aliphatic rings. The second-order valence-corrected chi connectivity index (χ2v) is 9.51. The molecular weight excluding hydrogens is 450 g/mol. The Balaban J connectivity index is 1.55. The van der Waals surface area contributed by atoms with E-state index in [-0.39, 0.29) is 11.4 Å². The number of halogens is 1. The van der Waals surface area contributed by atoms with Crippen LogP contribution in [-0.2, 0) is 12.1 Å². The molecule has 0 bridgehead atoms. The number of nitrogens with zero attached hydrogens (tertiary/aromatic N) is 4. The van der Waals surface area contributed by atoms with E-state index < -0.39 is 0 Å². The predicted octanol–water partition coefficient (Wildman–Crippen LogP) is 4.90. The molecule has 3 heterocycles. The summed E-state index contributed by atoms with van der Waals surface area (Å²) in [6.07, 6.45) is 1.43. The summed E-state index contributed by atoms with van der Waals surface area (Å²) in [5.41, 5.74) is 9.98. The Hall–Kier alpha value is -3.91. The summed E-state index contributed by atoms with van der Waals surface area (Å²) in [4.78, 5) is 24.7. The molecule has 2 aromatic carbocycles. The highest BCUT2D eigenvalue weighted by atomic mass is 35.5. The fraction of sp³-hybridized carbons (Fsp3) is 0.200. The molecule has 0 unspecified atom stereocenters. The normalized spacial score (nSPS) is 11.9. The molecule has 0 aliphatic heterocycles. The highest BCUT2D eigenvalue weighted by molar-refractivity contribution is 6.38. The van der Waals surface area contributed by atoms with E-state index in [1.165, 1.54) is 6.33 Å². The summed E-state index contributed by atoms with van der Waals surface area (Å²) >= 11 is 6.78. The number of H-pyrrole nitrogens is 1. The lowest BCUT2D eigenvalue weighted by Crippen LogP contribution is -2.23. The molecule has 9 heteroatoms. The summed E-state index contributed by atoms with van der Waals surface area (Å²) < 4.78 is 1.82. The van der Waals surface area contributed by atoms with E-state index in [2.05, 4.69) is 20.3 Å². The van der Waals surface area contributed by atoms with E-state index in [1.807, 2.05) is 61.9 Å². The van der Waals surface area contributed by atoms with Gasteiger partial charge in [-0.05, 0) is 38.5 Å². The van der Waals surface area contributed by atoms with Gasteiger partial charge in [0.05, 0.1) is 21.6 Å². The number of fused-ring (bicyclic) bond motifs is 2. The molecule has 0 spiro atoms. The number of aromatic amines is 1. The number of aromatic nitrogens is 5. The number of carbonyl (C=O) groups excluding carboxylic acids is 1. The molecule has 0 atom stereocenters. The van der Waals surface area contributed by atoms with Gasteiger partial charge < -0.3 is 16.0 Å². The van der Waals surface area contributed by atoms with Crippen LogP contribution in [-0.4, -0.2) is 30.6 Å². The first-order valence-electron chi connectivity index (χ1n) is 10.9. The quantitative estimate of drug-likeness (QED) is 0.343. The van der Waals surface area contributed by atoms with Crippen molar-refractivity contribution < 1.29 is 4.79 Å². The molecule has 5 aromatic rings. The molecule has 0 aliphatic carbocycles. The van der Waals surface area contributed by atoms with Crippen LogP contribution in [0.2, 0.25) is 5.02 Å². The fourth-order valence-corrected chi connectivity index (χ4v) is 4.27. The molecule has 0 radical (unpaired) electrons. The number of hydrogen-bond donors (Lipinski definition) is 3. The largest absolute Gasteiger partial charge is 0.383 e. The van der Waals surface area contributed by atoms with Gasteiger partial charge in [-0.3, -0.25) is 4.79 Å². The molecule has 172 valence electrons. The van der Waals surface area contributed by atoms with Crippen LogP contribution in [0.25, 0.3) is 33.3 Å². The van der Waals surface area contributed by atoms with Crippen molar-refractivity contribution in [2.45, 2.75) is 32.9 Å². The van der Waals surface area contributed by atoms with Crippen LogP contribution in [0.1, 0.15) is 36.7 Å². The van der Waals surface area contributed by atoms with Gasteiger partial charge in [0.2, 0.25) is 0 Å². The Labute approximate surface area is 201 Å². The lowest BCUT2D eigenvalue weighted by Gasteiger charge is -2.19. The van der Waals surface area contributed by atoms with Crippen molar-refractivity contribution in [2.75, 3.05) is 5.73 Å². The van der Waals surface area contributed by atoms with Crippen molar-refractivity contribution in [3.05, 3.63) is 71.0 Å². The summed E-state index contributed by atoms with van der Waals surface area (Å²) in [5.74, 6) is 0.157. The summed E-state index contributed by atoms with van der Waals surface area (Å²) in [5, 5.41) is 9.67. The minimum absolute atomic E-state index is 0.168. The number of nitrogens with one attached hydrogen (secondary N) is 2. The number of nitrogen functional groups attached to an aromatic ring is 1. The van der Waals surface area contributed by atoms with Crippen LogP contribution in [0, 0.1) is 0 Å². The standard InChI is InChI=1S/C25H24ClN7O/c1-25(2,3)33-23-18(22(27)29-13-30-23)20(32-33)21-19(26)16-10-9-15(11-17(16)31-21)24(34)28-12-14-7-5-4-6-8-14/h4-11,13,31H,12H2,1-3H3,(H,28,34)(H2,27,29,30). The number of carbonyl (C=O) groups is 1. The lowest BCUT2D eigenvalue weighted by molar-refractivity contribution is 0.0951. The number of benzene rings is 2. The van der Waals surface area contributed by atoms with Gasteiger partial charge in [0.25, 0.3) is 5.91 Å². The monoisotopic (exact) mass is 473 g/mol. The number of hydrogen-bond acceptors (Lipinski definition) is 5. The molecule has 3 aromatic heterocycles. The molecular formula is C25H24ClN7O. The first-order valence-corrected chi connectivity index (χ1v) is 11.3. The van der Waals surface area contributed by atoms with Crippen LogP contribution in [0.5, 0.6) is 0 Å². The summed E-state index contributed by atoms with van der Waals surface area (Å²) in [6, 6.07) is 15.1. The Morgan fingerprint density at radius 1 is 1.15 bits per heavy atom. The Kier molecular flexibility index (Phi) is 5.25. The first-order chi connectivity index (χ1) is 16.2. The summed E-state index contributed by atoms with van der Waals surface area (Å²) in [6.45, 7) is 6.56. The smallest absolute Gasteiger partial charge is 0.251 e. The second-order valence-electron chi connectivity index (χ2n) is 9.13. The third kappa shape index (κ3) is 3.76. The Morgan fingerprint density at radius 3 is 2.65 bits per heavy atom. The van der Waals surface area contributed by atoms with Crippen molar-refractivity contribution in [2.24, 2.45) is 0 Å². The molecule has 0 saturated heterocycles. The van der Waals surface area contributed by atoms with Crippen LogP contribution >= 0.6 is 11.6 Å². The molecule has 5 rings (SSSR count). The maximum atomic E-state index is 12.7. The Bertz CT molecular complexity index is 1530.